The maximum Gasteiger partial charge on any atom is 0.573 e. The van der Waals surface area contributed by atoms with E-state index in [0.717, 1.165) is 47.1 Å². The van der Waals surface area contributed by atoms with E-state index in [9.17, 15) is 39.6 Å². The Bertz CT molecular complexity index is 1650. The number of halogens is 6. The zero-order valence-electron chi connectivity index (χ0n) is 18.4. The van der Waals surface area contributed by atoms with Gasteiger partial charge in [0, 0.05) is 22.9 Å². The van der Waals surface area contributed by atoms with E-state index >= 15 is 0 Å². The smallest absolute Gasteiger partial charge is 0.406 e. The summed E-state index contributed by atoms with van der Waals surface area (Å²) in [6, 6.07) is 7.93. The van der Waals surface area contributed by atoms with Crippen molar-refractivity contribution in [1.82, 2.24) is 19.2 Å². The largest absolute Gasteiger partial charge is 0.573 e. The second-order valence-electron chi connectivity index (χ2n) is 7.36. The van der Waals surface area contributed by atoms with Gasteiger partial charge in [0.05, 0.1) is 5.75 Å². The first-order valence-electron chi connectivity index (χ1n) is 10.1. The molecule has 3 aromatic heterocycles. The molecule has 8 nitrogen and oxygen atoms in total. The van der Waals surface area contributed by atoms with Gasteiger partial charge in [0.15, 0.2) is 21.3 Å². The molecule has 0 amide bonds. The van der Waals surface area contributed by atoms with E-state index in [1.807, 2.05) is 0 Å². The fourth-order valence-corrected chi connectivity index (χ4v) is 4.90. The second-order valence-corrected chi connectivity index (χ2v) is 10.7. The van der Waals surface area contributed by atoms with E-state index in [4.69, 9.17) is 0 Å². The van der Waals surface area contributed by atoms with E-state index in [1.54, 1.807) is 0 Å². The third kappa shape index (κ3) is 5.90. The van der Waals surface area contributed by atoms with Crippen molar-refractivity contribution >= 4 is 27.2 Å². The van der Waals surface area contributed by atoms with Gasteiger partial charge in [-0.1, -0.05) is 19.1 Å². The molecule has 37 heavy (non-hydrogen) atoms. The third-order valence-corrected chi connectivity index (χ3v) is 7.33. The van der Waals surface area contributed by atoms with Crippen LogP contribution >= 0.6 is 11.8 Å². The van der Waals surface area contributed by atoms with Gasteiger partial charge in [0.2, 0.25) is 0 Å². The molecule has 1 aromatic carbocycles. The highest BCUT2D eigenvalue weighted by molar-refractivity contribution is 8.00. The van der Waals surface area contributed by atoms with E-state index in [-0.39, 0.29) is 21.7 Å². The average Bonchev–Trinajstić information content (AvgIpc) is 3.12. The number of aromatic nitrogens is 4. The molecule has 0 unspecified atom stereocenters. The van der Waals surface area contributed by atoms with Crippen molar-refractivity contribution in [3.05, 3.63) is 65.3 Å². The van der Waals surface area contributed by atoms with Crippen LogP contribution in [0.1, 0.15) is 6.92 Å². The van der Waals surface area contributed by atoms with Gasteiger partial charge in [-0.3, -0.25) is 0 Å². The standard InChI is InChI=1S/C21H14F6N4O4S2/c1-2-37(33,34)16-9-13(12-4-3-5-14(8-12)35-20(22,23)24)11-28-18(16)31-19(32)30-7-6-15(10-17(30)29-31)36-21(25,26)27/h3-11H,2H2,1H3. The van der Waals surface area contributed by atoms with Gasteiger partial charge < -0.3 is 4.74 Å². The summed E-state index contributed by atoms with van der Waals surface area (Å²) < 4.78 is 107. The van der Waals surface area contributed by atoms with E-state index in [0.29, 0.717) is 4.68 Å². The SMILES string of the molecule is CCS(=O)(=O)c1cc(-c2cccc(OC(F)(F)F)c2)cnc1-n1nc2cc(SC(F)(F)F)ccn2c1=O. The Morgan fingerprint density at radius 3 is 2.41 bits per heavy atom. The minimum absolute atomic E-state index is 0.101. The fourth-order valence-electron chi connectivity index (χ4n) is 3.30. The van der Waals surface area contributed by atoms with Crippen molar-refractivity contribution in [2.75, 3.05) is 5.75 Å². The van der Waals surface area contributed by atoms with Crippen LogP contribution in [0.3, 0.4) is 0 Å². The highest BCUT2D eigenvalue weighted by Gasteiger charge is 2.32. The average molecular weight is 564 g/mol. The molecule has 0 saturated heterocycles. The Labute approximate surface area is 208 Å². The molecule has 0 saturated carbocycles. The number of nitrogens with zero attached hydrogens (tertiary/aromatic N) is 4. The highest BCUT2D eigenvalue weighted by Crippen LogP contribution is 2.37. The Balaban J connectivity index is 1.85. The van der Waals surface area contributed by atoms with E-state index < -0.39 is 61.4 Å². The van der Waals surface area contributed by atoms with Crippen LogP contribution in [0.4, 0.5) is 26.3 Å². The summed E-state index contributed by atoms with van der Waals surface area (Å²) in [5.74, 6) is -1.39. The van der Waals surface area contributed by atoms with E-state index in [1.165, 1.54) is 19.1 Å². The molecular weight excluding hydrogens is 550 g/mol. The predicted octanol–water partition coefficient (Wildman–Crippen LogP) is 4.85. The number of rotatable bonds is 6. The number of ether oxygens (including phenoxy) is 1. The quantitative estimate of drug-likeness (QED) is 0.244. The van der Waals surface area contributed by atoms with Crippen molar-refractivity contribution in [3.8, 4) is 22.7 Å². The number of pyridine rings is 2. The topological polar surface area (TPSA) is 95.6 Å². The normalized spacial score (nSPS) is 12.7. The van der Waals surface area contributed by atoms with Crippen LogP contribution in [0.2, 0.25) is 0 Å². The number of fused-ring (bicyclic) bond motifs is 1. The van der Waals surface area contributed by atoms with Gasteiger partial charge in [-0.2, -0.15) is 17.9 Å². The lowest BCUT2D eigenvalue weighted by molar-refractivity contribution is -0.274. The van der Waals surface area contributed by atoms with Crippen LogP contribution in [0.15, 0.2) is 69.4 Å². The summed E-state index contributed by atoms with van der Waals surface area (Å²) in [7, 11) is -4.07. The zero-order chi connectivity index (χ0) is 27.2. The van der Waals surface area contributed by atoms with Crippen molar-refractivity contribution < 1.29 is 39.5 Å². The zero-order valence-corrected chi connectivity index (χ0v) is 20.0. The summed E-state index contributed by atoms with van der Waals surface area (Å²) in [5, 5.41) is 3.95. The van der Waals surface area contributed by atoms with Crippen LogP contribution in [-0.4, -0.2) is 45.2 Å². The molecule has 0 N–H and O–H groups in total. The van der Waals surface area contributed by atoms with Gasteiger partial charge in [-0.05, 0) is 47.7 Å². The Morgan fingerprint density at radius 2 is 1.76 bits per heavy atom. The van der Waals surface area contributed by atoms with Gasteiger partial charge in [0.25, 0.3) is 0 Å². The summed E-state index contributed by atoms with van der Waals surface area (Å²) in [6.45, 7) is 1.33. The number of sulfone groups is 1. The number of thioether (sulfide) groups is 1. The first-order chi connectivity index (χ1) is 17.2. The molecule has 4 aromatic rings. The van der Waals surface area contributed by atoms with Crippen LogP contribution in [0.5, 0.6) is 5.75 Å². The molecule has 0 aliphatic heterocycles. The van der Waals surface area contributed by atoms with Crippen molar-refractivity contribution in [2.24, 2.45) is 0 Å². The fraction of sp³-hybridized carbons (Fsp3) is 0.190. The van der Waals surface area contributed by atoms with Gasteiger partial charge in [0.1, 0.15) is 10.6 Å². The van der Waals surface area contributed by atoms with Gasteiger partial charge in [-0.15, -0.1) is 18.3 Å². The minimum Gasteiger partial charge on any atom is -0.406 e. The van der Waals surface area contributed by atoms with E-state index in [2.05, 4.69) is 14.8 Å². The number of hydrogen-bond acceptors (Lipinski definition) is 7. The van der Waals surface area contributed by atoms with Crippen LogP contribution < -0.4 is 10.4 Å². The monoisotopic (exact) mass is 564 g/mol. The summed E-state index contributed by atoms with van der Waals surface area (Å²) in [4.78, 5) is 16.2. The predicted molar refractivity (Wildman–Crippen MR) is 120 cm³/mol. The lowest BCUT2D eigenvalue weighted by Gasteiger charge is -2.12. The lowest BCUT2D eigenvalue weighted by atomic mass is 10.1. The Hall–Kier alpha value is -3.53. The molecule has 0 radical (unpaired) electrons. The molecule has 0 atom stereocenters. The molecule has 3 heterocycles. The number of alkyl halides is 6. The molecule has 0 fully saturated rings. The summed E-state index contributed by atoms with van der Waals surface area (Å²) in [6.07, 6.45) is -2.76. The number of benzene rings is 1. The second kappa shape index (κ2) is 9.41. The molecule has 196 valence electrons. The molecule has 0 aliphatic rings. The first-order valence-corrected chi connectivity index (χ1v) is 12.6. The molecular formula is C21H14F6N4O4S2. The minimum atomic E-state index is -4.94. The molecule has 16 heteroatoms. The van der Waals surface area contributed by atoms with Crippen LogP contribution in [-0.2, 0) is 9.84 Å². The van der Waals surface area contributed by atoms with Gasteiger partial charge >= 0.3 is 17.6 Å². The highest BCUT2D eigenvalue weighted by atomic mass is 32.2. The Morgan fingerprint density at radius 1 is 1.03 bits per heavy atom. The summed E-state index contributed by atoms with van der Waals surface area (Å²) >= 11 is -0.415. The maximum atomic E-state index is 12.9. The van der Waals surface area contributed by atoms with Crippen molar-refractivity contribution in [3.63, 3.8) is 0 Å². The lowest BCUT2D eigenvalue weighted by Crippen LogP contribution is -2.23. The molecule has 0 bridgehead atoms. The van der Waals surface area contributed by atoms with Crippen LogP contribution in [0.25, 0.3) is 22.6 Å². The Kier molecular flexibility index (Phi) is 6.74. The first kappa shape index (κ1) is 26.5. The molecule has 0 spiro atoms. The molecule has 0 aliphatic carbocycles. The van der Waals surface area contributed by atoms with Crippen LogP contribution in [0, 0.1) is 0 Å². The number of hydrogen-bond donors (Lipinski definition) is 0. The van der Waals surface area contributed by atoms with Crippen molar-refractivity contribution in [1.29, 1.82) is 0 Å². The van der Waals surface area contributed by atoms with Gasteiger partial charge in [-0.25, -0.2) is 22.6 Å². The third-order valence-electron chi connectivity index (χ3n) is 4.88. The molecule has 4 rings (SSSR count). The van der Waals surface area contributed by atoms with Crippen molar-refractivity contribution in [2.45, 2.75) is 28.6 Å². The summed E-state index contributed by atoms with van der Waals surface area (Å²) in [5.41, 5.74) is -5.42. The maximum absolute atomic E-state index is 12.9.